The van der Waals surface area contributed by atoms with Crippen LogP contribution in [0.4, 0.5) is 0 Å². The van der Waals surface area contributed by atoms with E-state index in [1.165, 1.54) is 32.1 Å². The van der Waals surface area contributed by atoms with Crippen LogP contribution in [0.15, 0.2) is 0 Å². The number of ether oxygens (including phenoxy) is 3. The normalized spacial score (nSPS) is 23.3. The number of piperidine rings is 1. The van der Waals surface area contributed by atoms with Crippen LogP contribution in [0.2, 0.25) is 0 Å². The molecule has 0 aromatic heterocycles. The molecule has 34 heavy (non-hydrogen) atoms. The van der Waals surface area contributed by atoms with Crippen LogP contribution in [0, 0.1) is 17.2 Å². The van der Waals surface area contributed by atoms with Crippen LogP contribution in [-0.2, 0) is 19.0 Å². The molecule has 194 valence electrons. The monoisotopic (exact) mass is 479 g/mol. The van der Waals surface area contributed by atoms with Gasteiger partial charge in [-0.05, 0) is 31.6 Å². The maximum Gasteiger partial charge on any atom is 0.239 e. The summed E-state index contributed by atoms with van der Waals surface area (Å²) in [4.78, 5) is 15.8. The minimum absolute atomic E-state index is 0.0291. The summed E-state index contributed by atoms with van der Waals surface area (Å²) in [6.07, 6.45) is 9.32. The molecule has 1 aliphatic carbocycles. The summed E-state index contributed by atoms with van der Waals surface area (Å²) in [5.41, 5.74) is 2.71. The zero-order valence-corrected chi connectivity index (χ0v) is 21.1. The molecule has 3 aliphatic rings. The van der Waals surface area contributed by atoms with Crippen molar-refractivity contribution in [2.45, 2.75) is 69.4 Å². The zero-order chi connectivity index (χ0) is 24.1. The maximum atomic E-state index is 13.5. The van der Waals surface area contributed by atoms with Gasteiger partial charge in [0.2, 0.25) is 5.91 Å². The summed E-state index contributed by atoms with van der Waals surface area (Å²) in [6, 6.07) is 2.17. The quantitative estimate of drug-likeness (QED) is 0.385. The molecule has 1 amide bonds. The second kappa shape index (κ2) is 15.0. The number of nitrogens with one attached hydrogen (secondary N) is 2. The molecule has 0 aromatic rings. The topological polar surface area (TPSA) is 99.1 Å². The summed E-state index contributed by atoms with van der Waals surface area (Å²) < 4.78 is 16.0. The molecule has 1 saturated carbocycles. The summed E-state index contributed by atoms with van der Waals surface area (Å²) in [6.45, 7) is 7.47. The van der Waals surface area contributed by atoms with Crippen molar-refractivity contribution in [1.82, 2.24) is 20.7 Å². The third kappa shape index (κ3) is 9.06. The molecule has 1 atom stereocenters. The van der Waals surface area contributed by atoms with Gasteiger partial charge in [-0.3, -0.25) is 4.79 Å². The van der Waals surface area contributed by atoms with Gasteiger partial charge in [-0.1, -0.05) is 32.1 Å². The number of carbonyl (C=O) groups is 1. The van der Waals surface area contributed by atoms with Crippen molar-refractivity contribution in [1.29, 1.82) is 5.26 Å². The van der Waals surface area contributed by atoms with Crippen LogP contribution in [0.5, 0.6) is 0 Å². The summed E-state index contributed by atoms with van der Waals surface area (Å²) >= 11 is 0. The molecule has 2 heterocycles. The van der Waals surface area contributed by atoms with Crippen molar-refractivity contribution in [3.63, 3.8) is 0 Å². The number of carbonyl (C=O) groups excluding carboxylic acids is 1. The van der Waals surface area contributed by atoms with Gasteiger partial charge in [-0.15, -0.1) is 0 Å². The molecular weight excluding hydrogens is 434 g/mol. The average Bonchev–Trinajstić information content (AvgIpc) is 2.88. The van der Waals surface area contributed by atoms with E-state index >= 15 is 0 Å². The van der Waals surface area contributed by atoms with Gasteiger partial charge >= 0.3 is 0 Å². The van der Waals surface area contributed by atoms with Crippen molar-refractivity contribution < 1.29 is 19.0 Å². The first kappa shape index (κ1) is 27.3. The van der Waals surface area contributed by atoms with E-state index in [0.29, 0.717) is 45.2 Å². The van der Waals surface area contributed by atoms with E-state index in [0.717, 1.165) is 52.2 Å². The fourth-order valence-corrected chi connectivity index (χ4v) is 5.27. The summed E-state index contributed by atoms with van der Waals surface area (Å²) in [7, 11) is 1.67. The molecular formula is C25H45N5O4. The Balaban J connectivity index is 1.49. The maximum absolute atomic E-state index is 13.5. The van der Waals surface area contributed by atoms with E-state index in [2.05, 4.69) is 26.7 Å². The predicted molar refractivity (Wildman–Crippen MR) is 130 cm³/mol. The van der Waals surface area contributed by atoms with Gasteiger partial charge in [0.1, 0.15) is 11.6 Å². The largest absolute Gasteiger partial charge is 0.382 e. The van der Waals surface area contributed by atoms with Crippen LogP contribution in [0.3, 0.4) is 0 Å². The standard InChI is InChI=1S/C25H45N5O4/c1-32-18-19-33-15-5-10-29-11-8-25(21-26,9-12-29)27-24(31)23(20-22-6-3-2-4-7-22)28-30-13-16-34-17-14-30/h22-23,28H,2-20H2,1H3,(H,27,31). The highest BCUT2D eigenvalue weighted by Crippen LogP contribution is 2.28. The van der Waals surface area contributed by atoms with Crippen molar-refractivity contribution in [3.8, 4) is 6.07 Å². The summed E-state index contributed by atoms with van der Waals surface area (Å²) in [5, 5.41) is 15.3. The third-order valence-electron chi connectivity index (χ3n) is 7.44. The fraction of sp³-hybridized carbons (Fsp3) is 0.920. The first-order valence-corrected chi connectivity index (χ1v) is 13.3. The molecule has 3 rings (SSSR count). The number of rotatable bonds is 13. The number of methoxy groups -OCH3 is 1. The number of hydrogen-bond donors (Lipinski definition) is 2. The lowest BCUT2D eigenvalue weighted by atomic mass is 9.84. The van der Waals surface area contributed by atoms with Crippen LogP contribution in [-0.4, -0.2) is 100 Å². The van der Waals surface area contributed by atoms with Gasteiger partial charge in [0.25, 0.3) is 0 Å². The third-order valence-corrected chi connectivity index (χ3v) is 7.44. The SMILES string of the molecule is COCCOCCCN1CCC(C#N)(NC(=O)C(CC2CCCCC2)NN2CCOCC2)CC1. The Kier molecular flexibility index (Phi) is 12.0. The predicted octanol–water partition coefficient (Wildman–Crippen LogP) is 1.69. The second-order valence-electron chi connectivity index (χ2n) is 10.0. The highest BCUT2D eigenvalue weighted by atomic mass is 16.5. The molecule has 2 saturated heterocycles. The van der Waals surface area contributed by atoms with E-state index in [-0.39, 0.29) is 11.9 Å². The molecule has 0 bridgehead atoms. The Bertz CT molecular complexity index is 603. The Morgan fingerprint density at radius 3 is 2.53 bits per heavy atom. The van der Waals surface area contributed by atoms with E-state index in [9.17, 15) is 10.1 Å². The molecule has 2 N–H and O–H groups in total. The number of hydrazine groups is 1. The number of morpholine rings is 1. The van der Waals surface area contributed by atoms with E-state index in [1.54, 1.807) is 7.11 Å². The minimum atomic E-state index is -0.778. The van der Waals surface area contributed by atoms with Gasteiger partial charge in [0.05, 0.1) is 32.5 Å². The van der Waals surface area contributed by atoms with Gasteiger partial charge in [-0.2, -0.15) is 5.26 Å². The molecule has 3 fully saturated rings. The number of nitriles is 1. The zero-order valence-electron chi connectivity index (χ0n) is 21.1. The van der Waals surface area contributed by atoms with Crippen molar-refractivity contribution in [2.75, 3.05) is 72.9 Å². The Morgan fingerprint density at radius 1 is 1.12 bits per heavy atom. The van der Waals surface area contributed by atoms with Gasteiger partial charge in [0, 0.05) is 46.4 Å². The molecule has 9 heteroatoms. The van der Waals surface area contributed by atoms with E-state index in [1.807, 2.05) is 0 Å². The van der Waals surface area contributed by atoms with Gasteiger partial charge in [0.15, 0.2) is 0 Å². The minimum Gasteiger partial charge on any atom is -0.382 e. The lowest BCUT2D eigenvalue weighted by molar-refractivity contribution is -0.128. The first-order chi connectivity index (χ1) is 16.6. The van der Waals surface area contributed by atoms with E-state index in [4.69, 9.17) is 14.2 Å². The molecule has 9 nitrogen and oxygen atoms in total. The smallest absolute Gasteiger partial charge is 0.239 e. The number of likely N-dealkylation sites (tertiary alicyclic amines) is 1. The first-order valence-electron chi connectivity index (χ1n) is 13.3. The Labute approximate surface area is 205 Å². The van der Waals surface area contributed by atoms with Gasteiger partial charge in [-0.25, -0.2) is 10.4 Å². The molecule has 1 unspecified atom stereocenters. The number of hydrogen-bond acceptors (Lipinski definition) is 8. The van der Waals surface area contributed by atoms with Crippen molar-refractivity contribution in [3.05, 3.63) is 0 Å². The average molecular weight is 480 g/mol. The highest BCUT2D eigenvalue weighted by Gasteiger charge is 2.38. The lowest BCUT2D eigenvalue weighted by Crippen LogP contribution is -2.61. The van der Waals surface area contributed by atoms with Crippen LogP contribution in [0.1, 0.15) is 57.8 Å². The van der Waals surface area contributed by atoms with Gasteiger partial charge < -0.3 is 24.4 Å². The van der Waals surface area contributed by atoms with Crippen LogP contribution in [0.25, 0.3) is 0 Å². The molecule has 0 aromatic carbocycles. The summed E-state index contributed by atoms with van der Waals surface area (Å²) in [5.74, 6) is 0.544. The lowest BCUT2D eigenvalue weighted by Gasteiger charge is -2.39. The number of amides is 1. The molecule has 0 radical (unpaired) electrons. The highest BCUT2D eigenvalue weighted by molar-refractivity contribution is 5.82. The van der Waals surface area contributed by atoms with Crippen molar-refractivity contribution in [2.24, 2.45) is 5.92 Å². The fourth-order valence-electron chi connectivity index (χ4n) is 5.27. The Morgan fingerprint density at radius 2 is 1.85 bits per heavy atom. The van der Waals surface area contributed by atoms with E-state index < -0.39 is 5.54 Å². The Hall–Kier alpha value is -1.28. The molecule has 2 aliphatic heterocycles. The second-order valence-corrected chi connectivity index (χ2v) is 10.0. The molecule has 0 spiro atoms. The van der Waals surface area contributed by atoms with Crippen LogP contribution >= 0.6 is 0 Å². The number of nitrogens with zero attached hydrogens (tertiary/aromatic N) is 3. The van der Waals surface area contributed by atoms with Crippen LogP contribution < -0.4 is 10.7 Å². The van der Waals surface area contributed by atoms with Crippen molar-refractivity contribution >= 4 is 5.91 Å².